The Morgan fingerprint density at radius 1 is 0.892 bits per heavy atom. The van der Waals surface area contributed by atoms with Crippen molar-refractivity contribution < 1.29 is 40.7 Å². The quantitative estimate of drug-likeness (QED) is 0.399. The number of rotatable bonds is 4. The first kappa shape index (κ1) is 27.0. The maximum absolute atomic E-state index is 13.1. The molecule has 0 bridgehead atoms. The van der Waals surface area contributed by atoms with Crippen molar-refractivity contribution in [3.8, 4) is 0 Å². The summed E-state index contributed by atoms with van der Waals surface area (Å²) in [6.45, 7) is 1.20. The zero-order valence-electron chi connectivity index (χ0n) is 19.8. The third-order valence-electron chi connectivity index (χ3n) is 7.25. The number of alkyl halides is 6. The summed E-state index contributed by atoms with van der Waals surface area (Å²) in [5, 5.41) is 0. The van der Waals surface area contributed by atoms with Crippen LogP contribution in [0.25, 0.3) is 0 Å². The van der Waals surface area contributed by atoms with Crippen LogP contribution in [0.4, 0.5) is 26.3 Å². The Bertz CT molecular complexity index is 1110. The highest BCUT2D eigenvalue weighted by molar-refractivity contribution is 5.94. The molecule has 1 atom stereocenters. The van der Waals surface area contributed by atoms with Crippen molar-refractivity contribution >= 4 is 11.9 Å². The minimum absolute atomic E-state index is 0.164. The lowest BCUT2D eigenvalue weighted by atomic mass is 9.69. The van der Waals surface area contributed by atoms with E-state index in [0.717, 1.165) is 12.1 Å². The van der Waals surface area contributed by atoms with E-state index in [4.69, 9.17) is 4.74 Å². The summed E-state index contributed by atoms with van der Waals surface area (Å²) >= 11 is 0. The number of hydrogen-bond acceptors (Lipinski definition) is 4. The summed E-state index contributed by atoms with van der Waals surface area (Å²) < 4.78 is 83.3. The SMILES string of the molecule is O=C(c1ccccc1)N1CCC2(CCN(Cc3cccc(C(F)(F)F)c3)CC2)C(OC(=O)C(F)(F)F)C1. The smallest absolute Gasteiger partial charge is 0.453 e. The van der Waals surface area contributed by atoms with Gasteiger partial charge in [-0.1, -0.05) is 36.4 Å². The highest BCUT2D eigenvalue weighted by Crippen LogP contribution is 2.44. The number of carbonyl (C=O) groups is 2. The number of amides is 1. The first-order chi connectivity index (χ1) is 17.4. The Hall–Kier alpha value is -3.08. The number of hydrogen-bond donors (Lipinski definition) is 0. The van der Waals surface area contributed by atoms with Gasteiger partial charge in [0.2, 0.25) is 0 Å². The molecule has 2 aromatic carbocycles. The molecule has 0 N–H and O–H groups in total. The zero-order valence-corrected chi connectivity index (χ0v) is 19.8. The molecule has 2 aromatic rings. The van der Waals surface area contributed by atoms with Crippen LogP contribution in [0.2, 0.25) is 0 Å². The average Bonchev–Trinajstić information content (AvgIpc) is 2.86. The molecule has 2 aliphatic heterocycles. The molecule has 200 valence electrons. The number of likely N-dealkylation sites (tertiary alicyclic amines) is 2. The first-order valence-corrected chi connectivity index (χ1v) is 11.9. The van der Waals surface area contributed by atoms with Gasteiger partial charge in [0.05, 0.1) is 12.1 Å². The van der Waals surface area contributed by atoms with Gasteiger partial charge in [-0.2, -0.15) is 26.3 Å². The van der Waals surface area contributed by atoms with Gasteiger partial charge in [0.1, 0.15) is 6.10 Å². The molecule has 2 heterocycles. The van der Waals surface area contributed by atoms with Crippen LogP contribution in [-0.2, 0) is 22.3 Å². The van der Waals surface area contributed by atoms with E-state index in [2.05, 4.69) is 0 Å². The van der Waals surface area contributed by atoms with E-state index < -0.39 is 35.4 Å². The van der Waals surface area contributed by atoms with Crippen molar-refractivity contribution in [3.05, 3.63) is 71.3 Å². The Labute approximate surface area is 210 Å². The van der Waals surface area contributed by atoms with E-state index in [1.807, 2.05) is 4.90 Å². The number of esters is 1. The van der Waals surface area contributed by atoms with Crippen LogP contribution in [0.15, 0.2) is 54.6 Å². The molecule has 11 heteroatoms. The number of nitrogens with zero attached hydrogens (tertiary/aromatic N) is 2. The van der Waals surface area contributed by atoms with Crippen LogP contribution in [0, 0.1) is 5.41 Å². The minimum atomic E-state index is -5.17. The molecule has 1 amide bonds. The van der Waals surface area contributed by atoms with E-state index in [1.165, 1.54) is 11.0 Å². The molecule has 0 radical (unpaired) electrons. The maximum atomic E-state index is 13.1. The maximum Gasteiger partial charge on any atom is 0.490 e. The lowest BCUT2D eigenvalue weighted by Gasteiger charge is -2.51. The second-order valence-corrected chi connectivity index (χ2v) is 9.60. The zero-order chi connectivity index (χ0) is 26.8. The molecule has 0 aromatic heterocycles. The van der Waals surface area contributed by atoms with Gasteiger partial charge in [-0.15, -0.1) is 0 Å². The highest BCUT2D eigenvalue weighted by Gasteiger charge is 2.51. The molecule has 1 spiro atoms. The molecule has 37 heavy (non-hydrogen) atoms. The molecule has 5 nitrogen and oxygen atoms in total. The van der Waals surface area contributed by atoms with Gasteiger partial charge in [-0.05, 0) is 56.1 Å². The Morgan fingerprint density at radius 3 is 2.16 bits per heavy atom. The van der Waals surface area contributed by atoms with Crippen molar-refractivity contribution in [1.82, 2.24) is 9.80 Å². The van der Waals surface area contributed by atoms with Crippen molar-refractivity contribution in [2.24, 2.45) is 5.41 Å². The van der Waals surface area contributed by atoms with Crippen LogP contribution in [0.5, 0.6) is 0 Å². The molecule has 1 unspecified atom stereocenters. The molecular weight excluding hydrogens is 502 g/mol. The van der Waals surface area contributed by atoms with Crippen LogP contribution in [0.1, 0.15) is 40.7 Å². The fourth-order valence-corrected chi connectivity index (χ4v) is 5.14. The summed E-state index contributed by atoms with van der Waals surface area (Å²) in [4.78, 5) is 28.0. The molecule has 2 saturated heterocycles. The summed E-state index contributed by atoms with van der Waals surface area (Å²) in [5.74, 6) is -2.65. The third-order valence-corrected chi connectivity index (χ3v) is 7.25. The van der Waals surface area contributed by atoms with Gasteiger partial charge in [0.25, 0.3) is 5.91 Å². The Balaban J connectivity index is 1.47. The van der Waals surface area contributed by atoms with Crippen LogP contribution in [-0.4, -0.2) is 60.1 Å². The van der Waals surface area contributed by atoms with Crippen LogP contribution in [0.3, 0.4) is 0 Å². The predicted molar refractivity (Wildman–Crippen MR) is 121 cm³/mol. The lowest BCUT2D eigenvalue weighted by molar-refractivity contribution is -0.216. The molecule has 4 rings (SSSR count). The molecular formula is C26H26F6N2O3. The number of carbonyl (C=O) groups excluding carboxylic acids is 2. The topological polar surface area (TPSA) is 49.9 Å². The van der Waals surface area contributed by atoms with Gasteiger partial charge in [0, 0.05) is 24.1 Å². The van der Waals surface area contributed by atoms with E-state index >= 15 is 0 Å². The number of piperidine rings is 2. The first-order valence-electron chi connectivity index (χ1n) is 11.9. The largest absolute Gasteiger partial charge is 0.490 e. The second kappa shape index (κ2) is 10.4. The fourth-order valence-electron chi connectivity index (χ4n) is 5.14. The van der Waals surface area contributed by atoms with Crippen molar-refractivity contribution in [2.75, 3.05) is 26.2 Å². The van der Waals surface area contributed by atoms with Gasteiger partial charge in [0.15, 0.2) is 0 Å². The van der Waals surface area contributed by atoms with E-state index in [9.17, 15) is 35.9 Å². The molecule has 2 aliphatic rings. The van der Waals surface area contributed by atoms with Crippen molar-refractivity contribution in [1.29, 1.82) is 0 Å². The number of ether oxygens (including phenoxy) is 1. The van der Waals surface area contributed by atoms with Crippen LogP contribution < -0.4 is 0 Å². The average molecular weight is 528 g/mol. The Morgan fingerprint density at radius 2 is 1.54 bits per heavy atom. The fraction of sp³-hybridized carbons (Fsp3) is 0.462. The van der Waals surface area contributed by atoms with Crippen molar-refractivity contribution in [3.63, 3.8) is 0 Å². The minimum Gasteiger partial charge on any atom is -0.453 e. The van der Waals surface area contributed by atoms with Gasteiger partial charge in [-0.25, -0.2) is 4.79 Å². The monoisotopic (exact) mass is 528 g/mol. The van der Waals surface area contributed by atoms with Crippen molar-refractivity contribution in [2.45, 2.75) is 44.3 Å². The van der Waals surface area contributed by atoms with E-state index in [-0.39, 0.29) is 19.0 Å². The molecule has 0 saturated carbocycles. The second-order valence-electron chi connectivity index (χ2n) is 9.60. The third kappa shape index (κ3) is 6.26. The lowest BCUT2D eigenvalue weighted by Crippen LogP contribution is -2.58. The molecule has 0 aliphatic carbocycles. The van der Waals surface area contributed by atoms with Gasteiger partial charge < -0.3 is 9.64 Å². The van der Waals surface area contributed by atoms with Gasteiger partial charge in [-0.3, -0.25) is 9.69 Å². The Kier molecular flexibility index (Phi) is 7.55. The van der Waals surface area contributed by atoms with E-state index in [0.29, 0.717) is 50.0 Å². The van der Waals surface area contributed by atoms with E-state index in [1.54, 1.807) is 36.4 Å². The molecule has 2 fully saturated rings. The summed E-state index contributed by atoms with van der Waals surface area (Å²) in [7, 11) is 0. The summed E-state index contributed by atoms with van der Waals surface area (Å²) in [5.41, 5.74) is -0.643. The standard InChI is InChI=1S/C26H26F6N2O3/c27-25(28,29)20-8-4-5-18(15-20)16-33-12-9-24(10-13-33)11-14-34(22(35)19-6-2-1-3-7-19)17-21(24)37-23(36)26(30,31)32/h1-8,15,21H,9-14,16-17H2. The normalized spacial score (nSPS) is 20.6. The number of halogens is 6. The summed E-state index contributed by atoms with van der Waals surface area (Å²) in [6.07, 6.45) is -9.66. The van der Waals surface area contributed by atoms with Crippen LogP contribution >= 0.6 is 0 Å². The van der Waals surface area contributed by atoms with Gasteiger partial charge >= 0.3 is 18.3 Å². The summed E-state index contributed by atoms with van der Waals surface area (Å²) in [6, 6.07) is 13.3. The number of benzene rings is 2. The highest BCUT2D eigenvalue weighted by atomic mass is 19.4. The predicted octanol–water partition coefficient (Wildman–Crippen LogP) is 5.31.